The lowest BCUT2D eigenvalue weighted by atomic mass is 9.94. The molecule has 23 heavy (non-hydrogen) atoms. The van der Waals surface area contributed by atoms with Crippen LogP contribution in [-0.4, -0.2) is 21.8 Å². The third-order valence-corrected chi connectivity index (χ3v) is 4.84. The van der Waals surface area contributed by atoms with E-state index >= 15 is 0 Å². The van der Waals surface area contributed by atoms with Crippen LogP contribution in [0.4, 0.5) is 0 Å². The molecule has 0 radical (unpaired) electrons. The van der Waals surface area contributed by atoms with Gasteiger partial charge in [0, 0.05) is 24.0 Å². The number of carbonyl (C=O) groups excluding carboxylic acids is 1. The van der Waals surface area contributed by atoms with Crippen molar-refractivity contribution >= 4 is 16.8 Å². The molecule has 4 heteroatoms. The van der Waals surface area contributed by atoms with Crippen molar-refractivity contribution in [3.8, 4) is 0 Å². The molecule has 1 fully saturated rings. The summed E-state index contributed by atoms with van der Waals surface area (Å²) in [6, 6.07) is 8.18. The van der Waals surface area contributed by atoms with E-state index in [1.807, 2.05) is 30.0 Å². The van der Waals surface area contributed by atoms with E-state index in [0.29, 0.717) is 12.1 Å². The summed E-state index contributed by atoms with van der Waals surface area (Å²) in [6.45, 7) is 4.04. The molecule has 3 rings (SSSR count). The summed E-state index contributed by atoms with van der Waals surface area (Å²) in [4.78, 5) is 29.3. The highest BCUT2D eigenvalue weighted by Gasteiger charge is 2.24. The average molecular weight is 312 g/mol. The Balaban J connectivity index is 1.92. The van der Waals surface area contributed by atoms with Crippen molar-refractivity contribution in [1.82, 2.24) is 9.88 Å². The number of carbonyl (C=O) groups is 1. The van der Waals surface area contributed by atoms with Crippen LogP contribution in [0.1, 0.15) is 50.2 Å². The molecule has 1 aromatic carbocycles. The average Bonchev–Trinajstić information content (AvgIpc) is 2.53. The van der Waals surface area contributed by atoms with Crippen LogP contribution >= 0.6 is 0 Å². The number of pyridine rings is 1. The molecule has 1 aliphatic rings. The number of aromatic amines is 1. The van der Waals surface area contributed by atoms with Gasteiger partial charge in [-0.3, -0.25) is 9.59 Å². The lowest BCUT2D eigenvalue weighted by Gasteiger charge is -2.33. The zero-order valence-electron chi connectivity index (χ0n) is 13.9. The maximum absolute atomic E-state index is 12.4. The number of benzene rings is 1. The lowest BCUT2D eigenvalue weighted by molar-refractivity contribution is -0.132. The number of hydrogen-bond donors (Lipinski definition) is 1. The maximum atomic E-state index is 12.4. The molecule has 1 N–H and O–H groups in total. The van der Waals surface area contributed by atoms with Gasteiger partial charge >= 0.3 is 0 Å². The number of H-pyrrole nitrogens is 1. The molecule has 0 spiro atoms. The number of hydrogen-bond acceptors (Lipinski definition) is 2. The molecule has 1 heterocycles. The predicted molar refractivity (Wildman–Crippen MR) is 92.4 cm³/mol. The van der Waals surface area contributed by atoms with Crippen molar-refractivity contribution < 1.29 is 4.79 Å². The smallest absolute Gasteiger partial charge is 0.253 e. The number of nitrogens with one attached hydrogen (secondary N) is 1. The standard InChI is InChI=1S/C19H24N2O2/c1-13-8-9-18-15(10-13)11-16(19(23)20-18)12-21(14(2)22)17-6-4-3-5-7-17/h8-11,17H,3-7,12H2,1-2H3,(H,20,23). The number of rotatable bonds is 3. The van der Waals surface area contributed by atoms with Gasteiger partial charge in [0.05, 0.1) is 6.54 Å². The van der Waals surface area contributed by atoms with Gasteiger partial charge in [0.15, 0.2) is 0 Å². The van der Waals surface area contributed by atoms with E-state index in [1.165, 1.54) is 19.3 Å². The van der Waals surface area contributed by atoms with E-state index in [2.05, 4.69) is 11.1 Å². The minimum atomic E-state index is -0.0941. The number of aryl methyl sites for hydroxylation is 1. The minimum absolute atomic E-state index is 0.0561. The predicted octanol–water partition coefficient (Wildman–Crippen LogP) is 3.52. The van der Waals surface area contributed by atoms with Gasteiger partial charge in [-0.2, -0.15) is 0 Å². The molecule has 4 nitrogen and oxygen atoms in total. The van der Waals surface area contributed by atoms with E-state index < -0.39 is 0 Å². The second-order valence-corrected chi connectivity index (χ2v) is 6.65. The Kier molecular flexibility index (Phi) is 4.51. The summed E-state index contributed by atoms with van der Waals surface area (Å²) < 4.78 is 0. The van der Waals surface area contributed by atoms with Gasteiger partial charge < -0.3 is 9.88 Å². The number of fused-ring (bicyclic) bond motifs is 1. The molecule has 1 saturated carbocycles. The Labute approximate surface area is 136 Å². The first-order chi connectivity index (χ1) is 11.0. The number of nitrogens with zero attached hydrogens (tertiary/aromatic N) is 1. The molecule has 1 aromatic heterocycles. The zero-order valence-corrected chi connectivity index (χ0v) is 13.9. The summed E-state index contributed by atoms with van der Waals surface area (Å²) in [5, 5.41) is 1.02. The summed E-state index contributed by atoms with van der Waals surface area (Å²) in [6.07, 6.45) is 5.68. The highest BCUT2D eigenvalue weighted by molar-refractivity contribution is 5.80. The number of amides is 1. The van der Waals surface area contributed by atoms with Crippen molar-refractivity contribution in [1.29, 1.82) is 0 Å². The third kappa shape index (κ3) is 3.46. The van der Waals surface area contributed by atoms with Crippen LogP contribution in [0.15, 0.2) is 29.1 Å². The Morgan fingerprint density at radius 1 is 1.22 bits per heavy atom. The largest absolute Gasteiger partial charge is 0.335 e. The molecule has 2 aromatic rings. The van der Waals surface area contributed by atoms with Crippen molar-refractivity contribution in [2.24, 2.45) is 0 Å². The van der Waals surface area contributed by atoms with Crippen molar-refractivity contribution in [2.75, 3.05) is 0 Å². The van der Waals surface area contributed by atoms with Gasteiger partial charge in [0.1, 0.15) is 0 Å². The summed E-state index contributed by atoms with van der Waals surface area (Å²) in [5.74, 6) is 0.0561. The SMILES string of the molecule is CC(=O)N(Cc1cc2cc(C)ccc2[nH]c1=O)C1CCCCC1. The first kappa shape index (κ1) is 15.8. The Hall–Kier alpha value is -2.10. The molecule has 0 atom stereocenters. The van der Waals surface area contributed by atoms with Crippen molar-refractivity contribution in [3.63, 3.8) is 0 Å². The Morgan fingerprint density at radius 2 is 1.96 bits per heavy atom. The van der Waals surface area contributed by atoms with Crippen LogP contribution < -0.4 is 5.56 Å². The van der Waals surface area contributed by atoms with Crippen LogP contribution in [0.2, 0.25) is 0 Å². The molecule has 0 saturated heterocycles. The molecule has 0 aliphatic heterocycles. The third-order valence-electron chi connectivity index (χ3n) is 4.84. The first-order valence-corrected chi connectivity index (χ1v) is 8.44. The van der Waals surface area contributed by atoms with Gasteiger partial charge in [0.2, 0.25) is 5.91 Å². The van der Waals surface area contributed by atoms with Gasteiger partial charge in [-0.15, -0.1) is 0 Å². The van der Waals surface area contributed by atoms with Crippen LogP contribution in [-0.2, 0) is 11.3 Å². The van der Waals surface area contributed by atoms with Crippen LogP contribution in [0.5, 0.6) is 0 Å². The normalized spacial score (nSPS) is 15.7. The van der Waals surface area contributed by atoms with E-state index in [0.717, 1.165) is 29.3 Å². The highest BCUT2D eigenvalue weighted by Crippen LogP contribution is 2.24. The van der Waals surface area contributed by atoms with Crippen LogP contribution in [0.3, 0.4) is 0 Å². The fourth-order valence-corrected chi connectivity index (χ4v) is 3.56. The lowest BCUT2D eigenvalue weighted by Crippen LogP contribution is -2.40. The molecule has 122 valence electrons. The summed E-state index contributed by atoms with van der Waals surface area (Å²) >= 11 is 0. The van der Waals surface area contributed by atoms with Crippen LogP contribution in [0, 0.1) is 6.92 Å². The van der Waals surface area contributed by atoms with Gasteiger partial charge in [0.25, 0.3) is 5.56 Å². The summed E-state index contributed by atoms with van der Waals surface area (Å²) in [7, 11) is 0. The highest BCUT2D eigenvalue weighted by atomic mass is 16.2. The molecule has 0 unspecified atom stereocenters. The fourth-order valence-electron chi connectivity index (χ4n) is 3.56. The Morgan fingerprint density at radius 3 is 2.65 bits per heavy atom. The number of aromatic nitrogens is 1. The van der Waals surface area contributed by atoms with Gasteiger partial charge in [-0.25, -0.2) is 0 Å². The van der Waals surface area contributed by atoms with Crippen LogP contribution in [0.25, 0.3) is 10.9 Å². The maximum Gasteiger partial charge on any atom is 0.253 e. The molecule has 1 aliphatic carbocycles. The topological polar surface area (TPSA) is 53.2 Å². The second-order valence-electron chi connectivity index (χ2n) is 6.65. The molecular weight excluding hydrogens is 288 g/mol. The molecular formula is C19H24N2O2. The minimum Gasteiger partial charge on any atom is -0.335 e. The van der Waals surface area contributed by atoms with Crippen molar-refractivity contribution in [2.45, 2.75) is 58.5 Å². The molecule has 0 bridgehead atoms. The van der Waals surface area contributed by atoms with Gasteiger partial charge in [-0.05, 0) is 43.4 Å². The monoisotopic (exact) mass is 312 g/mol. The first-order valence-electron chi connectivity index (χ1n) is 8.44. The van der Waals surface area contributed by atoms with E-state index in [-0.39, 0.29) is 17.5 Å². The van der Waals surface area contributed by atoms with E-state index in [9.17, 15) is 9.59 Å². The quantitative estimate of drug-likeness (QED) is 0.943. The summed E-state index contributed by atoms with van der Waals surface area (Å²) in [5.41, 5.74) is 2.58. The second kappa shape index (κ2) is 6.57. The van der Waals surface area contributed by atoms with E-state index in [4.69, 9.17) is 0 Å². The van der Waals surface area contributed by atoms with E-state index in [1.54, 1.807) is 6.92 Å². The fraction of sp³-hybridized carbons (Fsp3) is 0.474. The molecule has 1 amide bonds. The van der Waals surface area contributed by atoms with Gasteiger partial charge in [-0.1, -0.05) is 30.9 Å². The zero-order chi connectivity index (χ0) is 16.4. The Bertz CT molecular complexity index is 773. The van der Waals surface area contributed by atoms with Crippen molar-refractivity contribution in [3.05, 3.63) is 45.7 Å².